The number of aromatic nitrogens is 1. The second kappa shape index (κ2) is 3.53. The molecule has 4 heteroatoms. The van der Waals surface area contributed by atoms with Gasteiger partial charge in [-0.25, -0.2) is 4.98 Å². The van der Waals surface area contributed by atoms with E-state index in [9.17, 15) is 4.39 Å². The van der Waals surface area contributed by atoms with Crippen molar-refractivity contribution in [1.29, 1.82) is 0 Å². The number of halogens is 2. The Morgan fingerprint density at radius 3 is 3.09 bits per heavy atom. The Morgan fingerprint density at radius 2 is 2.45 bits per heavy atom. The lowest BCUT2D eigenvalue weighted by Crippen LogP contribution is -1.95. The van der Waals surface area contributed by atoms with E-state index in [0.717, 1.165) is 0 Å². The highest BCUT2D eigenvalue weighted by Crippen LogP contribution is 2.21. The van der Waals surface area contributed by atoms with Gasteiger partial charge in [-0.05, 0) is 6.92 Å². The van der Waals surface area contributed by atoms with E-state index < -0.39 is 5.82 Å². The lowest BCUT2D eigenvalue weighted by molar-refractivity contribution is 0.321. The molecule has 2 nitrogen and oxygen atoms in total. The fraction of sp³-hybridized carbons (Fsp3) is 0.286. The summed E-state index contributed by atoms with van der Waals surface area (Å²) in [6.45, 7) is 2.19. The van der Waals surface area contributed by atoms with E-state index in [4.69, 9.17) is 16.3 Å². The number of rotatable bonds is 2. The predicted octanol–water partition coefficient (Wildman–Crippen LogP) is 2.27. The van der Waals surface area contributed by atoms with Gasteiger partial charge in [0.25, 0.3) is 0 Å². The second-order valence-electron chi connectivity index (χ2n) is 1.85. The summed E-state index contributed by atoms with van der Waals surface area (Å²) in [4.78, 5) is 3.53. The Morgan fingerprint density at radius 1 is 1.73 bits per heavy atom. The summed E-state index contributed by atoms with van der Waals surface area (Å²) in [6, 6.07) is 1.44. The molecular formula is C7H7ClFNO. The third kappa shape index (κ3) is 1.80. The minimum Gasteiger partial charge on any atom is -0.491 e. The zero-order chi connectivity index (χ0) is 8.27. The minimum absolute atomic E-state index is 0.146. The molecule has 1 heterocycles. The molecule has 0 aliphatic rings. The van der Waals surface area contributed by atoms with Crippen LogP contribution >= 0.6 is 11.6 Å². The fourth-order valence-corrected chi connectivity index (χ4v) is 0.818. The van der Waals surface area contributed by atoms with Crippen molar-refractivity contribution in [2.75, 3.05) is 6.61 Å². The first-order chi connectivity index (χ1) is 5.25. The average molecular weight is 176 g/mol. The average Bonchev–Trinajstić information content (AvgIpc) is 1.99. The molecule has 1 aromatic rings. The van der Waals surface area contributed by atoms with Gasteiger partial charge in [-0.15, -0.1) is 0 Å². The van der Waals surface area contributed by atoms with Crippen LogP contribution in [0.5, 0.6) is 5.75 Å². The Labute approximate surface area is 69.0 Å². The molecule has 0 saturated carbocycles. The molecule has 1 aromatic heterocycles. The van der Waals surface area contributed by atoms with Crippen molar-refractivity contribution in [3.05, 3.63) is 23.2 Å². The molecule has 0 fully saturated rings. The molecule has 11 heavy (non-hydrogen) atoms. The highest BCUT2D eigenvalue weighted by atomic mass is 35.5. The van der Waals surface area contributed by atoms with Gasteiger partial charge in [-0.3, -0.25) is 0 Å². The third-order valence-electron chi connectivity index (χ3n) is 1.11. The van der Waals surface area contributed by atoms with E-state index in [-0.39, 0.29) is 10.9 Å². The second-order valence-corrected chi connectivity index (χ2v) is 2.20. The maximum Gasteiger partial charge on any atom is 0.202 e. The van der Waals surface area contributed by atoms with Crippen LogP contribution in [-0.2, 0) is 0 Å². The van der Waals surface area contributed by atoms with Gasteiger partial charge in [0.2, 0.25) is 5.82 Å². The molecular weight excluding hydrogens is 169 g/mol. The van der Waals surface area contributed by atoms with Gasteiger partial charge >= 0.3 is 0 Å². The van der Waals surface area contributed by atoms with Gasteiger partial charge < -0.3 is 4.74 Å². The predicted molar refractivity (Wildman–Crippen MR) is 40.4 cm³/mol. The van der Waals surface area contributed by atoms with Crippen molar-refractivity contribution in [1.82, 2.24) is 4.98 Å². The summed E-state index contributed by atoms with van der Waals surface area (Å²) in [6.07, 6.45) is 1.40. The van der Waals surface area contributed by atoms with Gasteiger partial charge in [0.15, 0.2) is 10.9 Å². The molecule has 0 aliphatic heterocycles. The molecule has 0 spiro atoms. The van der Waals surface area contributed by atoms with Gasteiger partial charge in [0.05, 0.1) is 6.61 Å². The van der Waals surface area contributed by atoms with Gasteiger partial charge in [-0.2, -0.15) is 4.39 Å². The standard InChI is InChI=1S/C7H7ClFNO/c1-2-11-5-3-4-10-7(8)6(5)9/h3-4H,2H2,1H3. The number of hydrogen-bond donors (Lipinski definition) is 0. The minimum atomic E-state index is -0.601. The smallest absolute Gasteiger partial charge is 0.202 e. The van der Waals surface area contributed by atoms with Crippen LogP contribution in [0, 0.1) is 5.82 Å². The molecule has 0 N–H and O–H groups in total. The van der Waals surface area contributed by atoms with Gasteiger partial charge in [0, 0.05) is 12.3 Å². The first-order valence-corrected chi connectivity index (χ1v) is 3.56. The van der Waals surface area contributed by atoms with E-state index in [0.29, 0.717) is 6.61 Å². The fourth-order valence-electron chi connectivity index (χ4n) is 0.669. The highest BCUT2D eigenvalue weighted by molar-refractivity contribution is 6.29. The third-order valence-corrected chi connectivity index (χ3v) is 1.37. The van der Waals surface area contributed by atoms with E-state index in [1.807, 2.05) is 0 Å². The molecule has 0 bridgehead atoms. The Balaban J connectivity index is 2.96. The van der Waals surface area contributed by atoms with Crippen LogP contribution in [0.3, 0.4) is 0 Å². The SMILES string of the molecule is CCOc1ccnc(Cl)c1F. The van der Waals surface area contributed by atoms with E-state index in [1.165, 1.54) is 12.3 Å². The van der Waals surface area contributed by atoms with Crippen LogP contribution in [0.2, 0.25) is 5.15 Å². The van der Waals surface area contributed by atoms with Crippen LogP contribution < -0.4 is 4.74 Å². The van der Waals surface area contributed by atoms with Crippen LogP contribution in [0.25, 0.3) is 0 Å². The summed E-state index contributed by atoms with van der Waals surface area (Å²) in [7, 11) is 0. The first kappa shape index (κ1) is 8.27. The van der Waals surface area contributed by atoms with E-state index >= 15 is 0 Å². The Kier molecular flexibility index (Phi) is 2.65. The molecule has 0 saturated heterocycles. The molecule has 0 aliphatic carbocycles. The Hall–Kier alpha value is -0.830. The molecule has 1 rings (SSSR count). The molecule has 0 atom stereocenters. The summed E-state index contributed by atoms with van der Waals surface area (Å²) >= 11 is 5.38. The van der Waals surface area contributed by atoms with Crippen molar-refractivity contribution in [2.24, 2.45) is 0 Å². The quantitative estimate of drug-likeness (QED) is 0.644. The zero-order valence-electron chi connectivity index (χ0n) is 5.97. The van der Waals surface area contributed by atoms with Crippen LogP contribution in [0.4, 0.5) is 4.39 Å². The van der Waals surface area contributed by atoms with Crippen LogP contribution in [0.15, 0.2) is 12.3 Å². The van der Waals surface area contributed by atoms with Gasteiger partial charge in [0.1, 0.15) is 0 Å². The normalized spacial score (nSPS) is 9.73. The summed E-state index contributed by atoms with van der Waals surface area (Å²) < 4.78 is 17.8. The molecule has 0 unspecified atom stereocenters. The van der Waals surface area contributed by atoms with Gasteiger partial charge in [-0.1, -0.05) is 11.6 Å². The monoisotopic (exact) mass is 175 g/mol. The van der Waals surface area contributed by atoms with E-state index in [2.05, 4.69) is 4.98 Å². The van der Waals surface area contributed by atoms with Crippen molar-refractivity contribution < 1.29 is 9.13 Å². The molecule has 0 aromatic carbocycles. The lowest BCUT2D eigenvalue weighted by atomic mass is 10.4. The highest BCUT2D eigenvalue weighted by Gasteiger charge is 2.06. The van der Waals surface area contributed by atoms with Crippen LogP contribution in [0.1, 0.15) is 6.92 Å². The van der Waals surface area contributed by atoms with Crippen LogP contribution in [-0.4, -0.2) is 11.6 Å². The van der Waals surface area contributed by atoms with Crippen molar-refractivity contribution >= 4 is 11.6 Å². The maximum absolute atomic E-state index is 12.9. The number of nitrogens with zero attached hydrogens (tertiary/aromatic N) is 1. The van der Waals surface area contributed by atoms with Crippen molar-refractivity contribution in [3.63, 3.8) is 0 Å². The first-order valence-electron chi connectivity index (χ1n) is 3.18. The Bertz CT molecular complexity index is 254. The zero-order valence-corrected chi connectivity index (χ0v) is 6.73. The molecule has 0 radical (unpaired) electrons. The number of hydrogen-bond acceptors (Lipinski definition) is 2. The lowest BCUT2D eigenvalue weighted by Gasteiger charge is -2.03. The topological polar surface area (TPSA) is 22.1 Å². The van der Waals surface area contributed by atoms with Crippen molar-refractivity contribution in [3.8, 4) is 5.75 Å². The summed E-state index contributed by atoms with van der Waals surface area (Å²) in [5, 5.41) is -0.157. The summed E-state index contributed by atoms with van der Waals surface area (Å²) in [5.41, 5.74) is 0. The molecule has 0 amide bonds. The van der Waals surface area contributed by atoms with Crippen molar-refractivity contribution in [2.45, 2.75) is 6.92 Å². The largest absolute Gasteiger partial charge is 0.491 e. The number of pyridine rings is 1. The van der Waals surface area contributed by atoms with E-state index in [1.54, 1.807) is 6.92 Å². The number of ether oxygens (including phenoxy) is 1. The molecule has 60 valence electrons. The summed E-state index contributed by atoms with van der Waals surface area (Å²) in [5.74, 6) is -0.455. The maximum atomic E-state index is 12.9.